The van der Waals surface area contributed by atoms with Gasteiger partial charge < -0.3 is 9.64 Å². The Morgan fingerprint density at radius 1 is 1.40 bits per heavy atom. The van der Waals surface area contributed by atoms with Crippen LogP contribution in [0.3, 0.4) is 0 Å². The molecular weight excluding hydrogens is 322 g/mol. The number of para-hydroxylation sites is 1. The molecule has 0 saturated carbocycles. The number of pyridine rings is 1. The molecule has 1 aliphatic rings. The van der Waals surface area contributed by atoms with Crippen molar-refractivity contribution in [2.45, 2.75) is 26.7 Å². The lowest BCUT2D eigenvalue weighted by Gasteiger charge is -2.33. The fourth-order valence-corrected chi connectivity index (χ4v) is 3.36. The van der Waals surface area contributed by atoms with Crippen LogP contribution in [0.4, 0.5) is 11.4 Å². The SMILES string of the molecule is CCOC(=O)C1CCN(c2cc(C)nc3c([N+](=O)[O-])cccc23)CC1. The largest absolute Gasteiger partial charge is 0.466 e. The average molecular weight is 343 g/mol. The van der Waals surface area contributed by atoms with E-state index in [1.54, 1.807) is 6.07 Å². The molecule has 1 aromatic carbocycles. The molecule has 0 atom stereocenters. The molecule has 1 saturated heterocycles. The van der Waals surface area contributed by atoms with E-state index in [4.69, 9.17) is 4.74 Å². The summed E-state index contributed by atoms with van der Waals surface area (Å²) in [6.07, 6.45) is 1.44. The summed E-state index contributed by atoms with van der Waals surface area (Å²) in [5.41, 5.74) is 2.11. The molecule has 0 amide bonds. The zero-order valence-corrected chi connectivity index (χ0v) is 14.4. The number of benzene rings is 1. The zero-order chi connectivity index (χ0) is 18.0. The number of piperidine rings is 1. The van der Waals surface area contributed by atoms with Crippen LogP contribution in [0.2, 0.25) is 0 Å². The lowest BCUT2D eigenvalue weighted by molar-refractivity contribution is -0.383. The number of rotatable bonds is 4. The van der Waals surface area contributed by atoms with E-state index in [1.165, 1.54) is 6.07 Å². The molecule has 2 aromatic rings. The topological polar surface area (TPSA) is 85.6 Å². The molecule has 0 spiro atoms. The van der Waals surface area contributed by atoms with Crippen molar-refractivity contribution in [1.82, 2.24) is 4.98 Å². The Hall–Kier alpha value is -2.70. The summed E-state index contributed by atoms with van der Waals surface area (Å²) in [5.74, 6) is -0.201. The summed E-state index contributed by atoms with van der Waals surface area (Å²) in [7, 11) is 0. The van der Waals surface area contributed by atoms with E-state index < -0.39 is 4.92 Å². The molecule has 7 nitrogen and oxygen atoms in total. The molecule has 2 heterocycles. The highest BCUT2D eigenvalue weighted by atomic mass is 16.6. The molecule has 1 fully saturated rings. The Morgan fingerprint density at radius 3 is 2.76 bits per heavy atom. The van der Waals surface area contributed by atoms with E-state index in [-0.39, 0.29) is 17.6 Å². The van der Waals surface area contributed by atoms with E-state index >= 15 is 0 Å². The average Bonchev–Trinajstić information content (AvgIpc) is 2.60. The highest BCUT2D eigenvalue weighted by Gasteiger charge is 2.27. The molecule has 1 aromatic heterocycles. The quantitative estimate of drug-likeness (QED) is 0.481. The lowest BCUT2D eigenvalue weighted by atomic mass is 9.96. The third-order valence-corrected chi connectivity index (χ3v) is 4.58. The standard InChI is InChI=1S/C18H21N3O4/c1-3-25-18(22)13-7-9-20(10-8-13)16-11-12(2)19-17-14(16)5-4-6-15(17)21(23)24/h4-6,11,13H,3,7-10H2,1-2H3. The summed E-state index contributed by atoms with van der Waals surface area (Å²) >= 11 is 0. The van der Waals surface area contributed by atoms with Crippen LogP contribution in [0.25, 0.3) is 10.9 Å². The Kier molecular flexibility index (Phi) is 4.83. The van der Waals surface area contributed by atoms with Crippen molar-refractivity contribution in [1.29, 1.82) is 0 Å². The predicted molar refractivity (Wildman–Crippen MR) is 94.7 cm³/mol. The maximum Gasteiger partial charge on any atom is 0.309 e. The first-order chi connectivity index (χ1) is 12.0. The summed E-state index contributed by atoms with van der Waals surface area (Å²) in [5, 5.41) is 12.1. The first-order valence-corrected chi connectivity index (χ1v) is 8.47. The smallest absolute Gasteiger partial charge is 0.309 e. The van der Waals surface area contributed by atoms with Gasteiger partial charge in [0.15, 0.2) is 5.52 Å². The minimum Gasteiger partial charge on any atom is -0.466 e. The van der Waals surface area contributed by atoms with E-state index in [9.17, 15) is 14.9 Å². The molecule has 1 aliphatic heterocycles. The first kappa shape index (κ1) is 17.1. The summed E-state index contributed by atoms with van der Waals surface area (Å²) in [6.45, 7) is 5.48. The number of fused-ring (bicyclic) bond motifs is 1. The Bertz CT molecular complexity index is 813. The number of aryl methyl sites for hydroxylation is 1. The van der Waals surface area contributed by atoms with Crippen LogP contribution >= 0.6 is 0 Å². The van der Waals surface area contributed by atoms with Gasteiger partial charge in [0, 0.05) is 35.9 Å². The number of carbonyl (C=O) groups excluding carboxylic acids is 1. The van der Waals surface area contributed by atoms with Gasteiger partial charge in [0.25, 0.3) is 5.69 Å². The first-order valence-electron chi connectivity index (χ1n) is 8.47. The van der Waals surface area contributed by atoms with Gasteiger partial charge in [-0.3, -0.25) is 14.9 Å². The van der Waals surface area contributed by atoms with Gasteiger partial charge in [-0.2, -0.15) is 0 Å². The molecular formula is C18H21N3O4. The zero-order valence-electron chi connectivity index (χ0n) is 14.4. The normalized spacial score (nSPS) is 15.4. The molecule has 0 radical (unpaired) electrons. The summed E-state index contributed by atoms with van der Waals surface area (Å²) in [4.78, 5) is 29.4. The van der Waals surface area contributed by atoms with E-state index in [0.29, 0.717) is 25.2 Å². The Morgan fingerprint density at radius 2 is 2.12 bits per heavy atom. The van der Waals surface area contributed by atoms with E-state index in [1.807, 2.05) is 26.0 Å². The van der Waals surface area contributed by atoms with Gasteiger partial charge in [-0.1, -0.05) is 12.1 Å². The predicted octanol–water partition coefficient (Wildman–Crippen LogP) is 3.23. The highest BCUT2D eigenvalue weighted by molar-refractivity contribution is 5.97. The van der Waals surface area contributed by atoms with Gasteiger partial charge in [0.2, 0.25) is 0 Å². The molecule has 25 heavy (non-hydrogen) atoms. The number of nitro benzene ring substituents is 1. The minimum absolute atomic E-state index is 0.0175. The van der Waals surface area contributed by atoms with Crippen molar-refractivity contribution < 1.29 is 14.5 Å². The van der Waals surface area contributed by atoms with Gasteiger partial charge in [-0.15, -0.1) is 0 Å². The fourth-order valence-electron chi connectivity index (χ4n) is 3.36. The van der Waals surface area contributed by atoms with Crippen LogP contribution in [0.5, 0.6) is 0 Å². The number of esters is 1. The maximum absolute atomic E-state index is 11.9. The number of hydrogen-bond acceptors (Lipinski definition) is 6. The van der Waals surface area contributed by atoms with Crippen molar-refractivity contribution in [3.63, 3.8) is 0 Å². The van der Waals surface area contributed by atoms with Gasteiger partial charge in [0.1, 0.15) is 0 Å². The third-order valence-electron chi connectivity index (χ3n) is 4.58. The van der Waals surface area contributed by atoms with Crippen LogP contribution in [-0.4, -0.2) is 35.6 Å². The highest BCUT2D eigenvalue weighted by Crippen LogP contribution is 2.34. The number of ether oxygens (including phenoxy) is 1. The monoisotopic (exact) mass is 343 g/mol. The number of aromatic nitrogens is 1. The second-order valence-corrected chi connectivity index (χ2v) is 6.23. The molecule has 132 valence electrons. The minimum atomic E-state index is -0.397. The van der Waals surface area contributed by atoms with Crippen LogP contribution < -0.4 is 4.90 Å². The van der Waals surface area contributed by atoms with Crippen LogP contribution in [0.1, 0.15) is 25.5 Å². The lowest BCUT2D eigenvalue weighted by Crippen LogP contribution is -2.37. The van der Waals surface area contributed by atoms with Crippen molar-refractivity contribution in [3.05, 3.63) is 40.1 Å². The summed E-state index contributed by atoms with van der Waals surface area (Å²) in [6, 6.07) is 6.98. The van der Waals surface area contributed by atoms with Crippen molar-refractivity contribution in [2.75, 3.05) is 24.6 Å². The van der Waals surface area contributed by atoms with Crippen molar-refractivity contribution in [3.8, 4) is 0 Å². The third kappa shape index (κ3) is 3.40. The molecule has 7 heteroatoms. The number of hydrogen-bond donors (Lipinski definition) is 0. The van der Waals surface area contributed by atoms with Gasteiger partial charge >= 0.3 is 5.97 Å². The number of nitro groups is 1. The van der Waals surface area contributed by atoms with Gasteiger partial charge in [-0.25, -0.2) is 4.98 Å². The summed E-state index contributed by atoms with van der Waals surface area (Å²) < 4.78 is 5.11. The van der Waals surface area contributed by atoms with Crippen molar-refractivity contribution >= 4 is 28.2 Å². The van der Waals surface area contributed by atoms with Crippen molar-refractivity contribution in [2.24, 2.45) is 5.92 Å². The molecule has 0 N–H and O–H groups in total. The second-order valence-electron chi connectivity index (χ2n) is 6.23. The Labute approximate surface area is 145 Å². The maximum atomic E-state index is 11.9. The molecule has 3 rings (SSSR count). The number of anilines is 1. The second kappa shape index (κ2) is 7.04. The molecule has 0 unspecified atom stereocenters. The number of carbonyl (C=O) groups is 1. The van der Waals surface area contributed by atoms with Gasteiger partial charge in [-0.05, 0) is 32.8 Å². The van der Waals surface area contributed by atoms with Crippen LogP contribution in [0.15, 0.2) is 24.3 Å². The van der Waals surface area contributed by atoms with Crippen LogP contribution in [-0.2, 0) is 9.53 Å². The van der Waals surface area contributed by atoms with Crippen LogP contribution in [0, 0.1) is 23.0 Å². The molecule has 0 bridgehead atoms. The molecule has 0 aliphatic carbocycles. The number of nitrogens with zero attached hydrogens (tertiary/aromatic N) is 3. The fraction of sp³-hybridized carbons (Fsp3) is 0.444. The van der Waals surface area contributed by atoms with Gasteiger partial charge in [0.05, 0.1) is 17.4 Å². The van der Waals surface area contributed by atoms with E-state index in [0.717, 1.165) is 29.6 Å². The number of non-ortho nitro benzene ring substituents is 1. The van der Waals surface area contributed by atoms with E-state index in [2.05, 4.69) is 9.88 Å². The Balaban J connectivity index is 1.91.